The summed E-state index contributed by atoms with van der Waals surface area (Å²) in [5.74, 6) is -0.0888. The molecule has 0 atom stereocenters. The molecule has 1 aromatic heterocycles. The van der Waals surface area contributed by atoms with E-state index in [2.05, 4.69) is 20.8 Å². The molecule has 1 heterocycles. The molecule has 0 saturated heterocycles. The first kappa shape index (κ1) is 15.3. The number of rotatable bonds is 4. The Morgan fingerprint density at radius 3 is 2.54 bits per heavy atom. The lowest BCUT2D eigenvalue weighted by Gasteiger charge is -2.10. The number of carbonyl (C=O) groups is 1. The Bertz CT molecular complexity index is 928. The first-order valence-corrected chi connectivity index (χ1v) is 7.09. The quantitative estimate of drug-likeness (QED) is 0.564. The van der Waals surface area contributed by atoms with Crippen molar-refractivity contribution in [3.63, 3.8) is 0 Å². The number of amides is 1. The number of nitro groups is 1. The zero-order valence-electron chi connectivity index (χ0n) is 12.7. The Kier molecular flexibility index (Phi) is 4.02. The van der Waals surface area contributed by atoms with Crippen LogP contribution in [-0.2, 0) is 4.79 Å². The van der Waals surface area contributed by atoms with Gasteiger partial charge in [0.25, 0.3) is 5.69 Å². The van der Waals surface area contributed by atoms with Crippen LogP contribution in [0.15, 0.2) is 48.5 Å². The molecule has 1 amide bonds. The number of nitrogens with one attached hydrogen (secondary N) is 2. The second-order valence-electron chi connectivity index (χ2n) is 5.03. The highest BCUT2D eigenvalue weighted by Gasteiger charge is 2.14. The Labute approximate surface area is 136 Å². The van der Waals surface area contributed by atoms with E-state index in [9.17, 15) is 14.9 Å². The van der Waals surface area contributed by atoms with Gasteiger partial charge in [-0.2, -0.15) is 0 Å². The van der Waals surface area contributed by atoms with Crippen molar-refractivity contribution in [2.75, 3.05) is 5.43 Å². The number of aromatic nitrogens is 2. The predicted octanol–water partition coefficient (Wildman–Crippen LogP) is 2.67. The van der Waals surface area contributed by atoms with E-state index in [1.807, 2.05) is 30.3 Å². The molecule has 0 aliphatic carbocycles. The molecule has 2 aromatic carbocycles. The minimum Gasteiger partial charge on any atom is -0.274 e. The molecule has 2 N–H and O–H groups in total. The maximum Gasteiger partial charge on any atom is 0.270 e. The van der Waals surface area contributed by atoms with E-state index in [0.717, 1.165) is 5.56 Å². The fourth-order valence-electron chi connectivity index (χ4n) is 2.25. The lowest BCUT2D eigenvalue weighted by atomic mass is 10.1. The summed E-state index contributed by atoms with van der Waals surface area (Å²) in [6, 6.07) is 13.6. The van der Waals surface area contributed by atoms with Crippen molar-refractivity contribution in [3.05, 3.63) is 58.6 Å². The SMILES string of the molecule is CC(=O)NNc1nc(-c2ccccc2)c2cc([N+](=O)[O-])ccc2n1. The van der Waals surface area contributed by atoms with Gasteiger partial charge < -0.3 is 0 Å². The van der Waals surface area contributed by atoms with E-state index in [4.69, 9.17) is 0 Å². The largest absolute Gasteiger partial charge is 0.274 e. The lowest BCUT2D eigenvalue weighted by Crippen LogP contribution is -2.27. The van der Waals surface area contributed by atoms with E-state index in [1.165, 1.54) is 19.1 Å². The van der Waals surface area contributed by atoms with Crippen LogP contribution in [0.2, 0.25) is 0 Å². The smallest absolute Gasteiger partial charge is 0.270 e. The molecule has 120 valence electrons. The van der Waals surface area contributed by atoms with Gasteiger partial charge in [0.2, 0.25) is 11.9 Å². The van der Waals surface area contributed by atoms with Gasteiger partial charge >= 0.3 is 0 Å². The monoisotopic (exact) mass is 323 g/mol. The van der Waals surface area contributed by atoms with Gasteiger partial charge in [0.05, 0.1) is 16.1 Å². The highest BCUT2D eigenvalue weighted by atomic mass is 16.6. The van der Waals surface area contributed by atoms with Gasteiger partial charge in [0, 0.05) is 30.0 Å². The molecule has 8 nitrogen and oxygen atoms in total. The van der Waals surface area contributed by atoms with E-state index in [0.29, 0.717) is 16.6 Å². The summed E-state index contributed by atoms with van der Waals surface area (Å²) in [7, 11) is 0. The second-order valence-corrected chi connectivity index (χ2v) is 5.03. The third kappa shape index (κ3) is 3.12. The number of anilines is 1. The van der Waals surface area contributed by atoms with Crippen molar-refractivity contribution in [1.82, 2.24) is 15.4 Å². The second kappa shape index (κ2) is 6.29. The average molecular weight is 323 g/mol. The summed E-state index contributed by atoms with van der Waals surface area (Å²) in [6.45, 7) is 1.36. The van der Waals surface area contributed by atoms with Gasteiger partial charge in [-0.15, -0.1) is 0 Å². The Hall–Kier alpha value is -3.55. The number of nitro benzene ring substituents is 1. The normalized spacial score (nSPS) is 10.4. The zero-order valence-corrected chi connectivity index (χ0v) is 12.7. The maximum atomic E-state index is 11.1. The molecule has 8 heteroatoms. The van der Waals surface area contributed by atoms with Crippen molar-refractivity contribution in [3.8, 4) is 11.3 Å². The maximum absolute atomic E-state index is 11.1. The summed E-state index contributed by atoms with van der Waals surface area (Å²) in [6.07, 6.45) is 0. The Balaban J connectivity index is 2.20. The number of benzene rings is 2. The number of carbonyl (C=O) groups excluding carboxylic acids is 1. The molecule has 3 aromatic rings. The highest BCUT2D eigenvalue weighted by Crippen LogP contribution is 2.29. The van der Waals surface area contributed by atoms with Crippen LogP contribution in [0.1, 0.15) is 6.92 Å². The topological polar surface area (TPSA) is 110 Å². The summed E-state index contributed by atoms with van der Waals surface area (Å²) in [4.78, 5) is 30.3. The van der Waals surface area contributed by atoms with E-state index in [-0.39, 0.29) is 17.5 Å². The minimum atomic E-state index is -0.461. The minimum absolute atomic E-state index is 0.0362. The number of hydrogen-bond donors (Lipinski definition) is 2. The fourth-order valence-corrected chi connectivity index (χ4v) is 2.25. The van der Waals surface area contributed by atoms with Gasteiger partial charge in [-0.1, -0.05) is 30.3 Å². The molecule has 0 unspecified atom stereocenters. The zero-order chi connectivity index (χ0) is 17.1. The third-order valence-corrected chi connectivity index (χ3v) is 3.29. The van der Waals surface area contributed by atoms with Crippen LogP contribution < -0.4 is 10.9 Å². The predicted molar refractivity (Wildman–Crippen MR) is 89.1 cm³/mol. The number of hydrazine groups is 1. The average Bonchev–Trinajstić information content (AvgIpc) is 2.59. The van der Waals surface area contributed by atoms with Crippen LogP contribution in [-0.4, -0.2) is 20.8 Å². The van der Waals surface area contributed by atoms with Crippen LogP contribution in [0.5, 0.6) is 0 Å². The van der Waals surface area contributed by atoms with Crippen LogP contribution in [0, 0.1) is 10.1 Å². The molecular formula is C16H13N5O3. The van der Waals surface area contributed by atoms with E-state index < -0.39 is 4.92 Å². The third-order valence-electron chi connectivity index (χ3n) is 3.29. The molecule has 0 bridgehead atoms. The number of fused-ring (bicyclic) bond motifs is 1. The van der Waals surface area contributed by atoms with Crippen molar-refractivity contribution in [1.29, 1.82) is 0 Å². The van der Waals surface area contributed by atoms with Crippen LogP contribution in [0.4, 0.5) is 11.6 Å². The van der Waals surface area contributed by atoms with E-state index >= 15 is 0 Å². The first-order chi connectivity index (χ1) is 11.5. The van der Waals surface area contributed by atoms with Gasteiger partial charge in [0.1, 0.15) is 0 Å². The number of hydrogen-bond acceptors (Lipinski definition) is 6. The molecule has 24 heavy (non-hydrogen) atoms. The number of non-ortho nitro benzene ring substituents is 1. The Morgan fingerprint density at radius 1 is 1.12 bits per heavy atom. The van der Waals surface area contributed by atoms with Crippen molar-refractivity contribution >= 4 is 28.4 Å². The summed E-state index contributed by atoms with van der Waals surface area (Å²) in [5.41, 5.74) is 6.86. The van der Waals surface area contributed by atoms with Crippen molar-refractivity contribution in [2.24, 2.45) is 0 Å². The number of nitrogens with zero attached hydrogens (tertiary/aromatic N) is 3. The first-order valence-electron chi connectivity index (χ1n) is 7.09. The highest BCUT2D eigenvalue weighted by molar-refractivity contribution is 5.94. The molecule has 0 aliphatic rings. The van der Waals surface area contributed by atoms with Crippen LogP contribution in [0.3, 0.4) is 0 Å². The van der Waals surface area contributed by atoms with Gasteiger partial charge in [-0.3, -0.25) is 25.8 Å². The van der Waals surface area contributed by atoms with E-state index in [1.54, 1.807) is 6.07 Å². The molecule has 0 spiro atoms. The van der Waals surface area contributed by atoms with Gasteiger partial charge in [0.15, 0.2) is 0 Å². The van der Waals surface area contributed by atoms with Crippen LogP contribution in [0.25, 0.3) is 22.2 Å². The molecule has 0 radical (unpaired) electrons. The fraction of sp³-hybridized carbons (Fsp3) is 0.0625. The summed E-state index contributed by atoms with van der Waals surface area (Å²) in [5, 5.41) is 11.6. The Morgan fingerprint density at radius 2 is 1.88 bits per heavy atom. The van der Waals surface area contributed by atoms with Crippen molar-refractivity contribution in [2.45, 2.75) is 6.92 Å². The molecule has 0 saturated carbocycles. The van der Waals surface area contributed by atoms with Crippen LogP contribution >= 0.6 is 0 Å². The molecule has 0 aliphatic heterocycles. The summed E-state index contributed by atoms with van der Waals surface area (Å²) >= 11 is 0. The standard InChI is InChI=1S/C16H13N5O3/c1-10(22)19-20-16-17-14-8-7-12(21(23)24)9-13(14)15(18-16)11-5-3-2-4-6-11/h2-9H,1H3,(H,19,22)(H,17,18,20). The van der Waals surface area contributed by atoms with Gasteiger partial charge in [-0.05, 0) is 6.07 Å². The summed E-state index contributed by atoms with van der Waals surface area (Å²) < 4.78 is 0. The van der Waals surface area contributed by atoms with Gasteiger partial charge in [-0.25, -0.2) is 9.97 Å². The lowest BCUT2D eigenvalue weighted by molar-refractivity contribution is -0.384. The molecule has 0 fully saturated rings. The van der Waals surface area contributed by atoms with Crippen molar-refractivity contribution < 1.29 is 9.72 Å². The molecule has 3 rings (SSSR count). The molecular weight excluding hydrogens is 310 g/mol.